The van der Waals surface area contributed by atoms with Crippen molar-refractivity contribution in [3.8, 4) is 16.2 Å². The van der Waals surface area contributed by atoms with Crippen LogP contribution >= 0.6 is 11.3 Å². The van der Waals surface area contributed by atoms with E-state index in [1.807, 2.05) is 18.2 Å². The molecule has 7 heteroatoms. The molecule has 0 saturated carbocycles. The molecule has 6 nitrogen and oxygen atoms in total. The van der Waals surface area contributed by atoms with Gasteiger partial charge in [0, 0.05) is 22.4 Å². The number of aliphatic hydroxyl groups excluding tert-OH is 1. The number of aliphatic hydroxyl groups is 1. The Balaban J connectivity index is 1.64. The molecule has 0 aliphatic heterocycles. The molecule has 0 bridgehead atoms. The molecule has 0 spiro atoms. The molecule has 1 amide bonds. The standard InChI is InChI=1S/C20H23N3O3S/c1-13-6-7-19(27-13)15-4-3-5-16(10-15)26-9-8-18(14(2)24)23-11-17(20(21)25)22-12-23/h3-7,10-12,14,18,24H,8-9H2,1-2H3,(H2,21,25)/t14-,18+/m0/s1. The number of hydrogen-bond donors (Lipinski definition) is 2. The summed E-state index contributed by atoms with van der Waals surface area (Å²) >= 11 is 1.75. The highest BCUT2D eigenvalue weighted by Crippen LogP contribution is 2.30. The maximum Gasteiger partial charge on any atom is 0.268 e. The number of carbonyl (C=O) groups is 1. The Hall–Kier alpha value is -2.64. The molecule has 3 aromatic rings. The smallest absolute Gasteiger partial charge is 0.268 e. The van der Waals surface area contributed by atoms with Crippen molar-refractivity contribution in [2.75, 3.05) is 6.61 Å². The molecule has 2 aromatic heterocycles. The molecule has 0 unspecified atom stereocenters. The molecule has 0 radical (unpaired) electrons. The highest BCUT2D eigenvalue weighted by atomic mass is 32.1. The molecule has 3 rings (SSSR count). The van der Waals surface area contributed by atoms with Gasteiger partial charge >= 0.3 is 0 Å². The first-order valence-corrected chi connectivity index (χ1v) is 9.56. The molecule has 1 aromatic carbocycles. The van der Waals surface area contributed by atoms with Gasteiger partial charge in [0.25, 0.3) is 5.91 Å². The summed E-state index contributed by atoms with van der Waals surface area (Å²) in [5, 5.41) is 10.1. The second kappa shape index (κ2) is 8.37. The summed E-state index contributed by atoms with van der Waals surface area (Å²) in [5.41, 5.74) is 6.55. The van der Waals surface area contributed by atoms with Gasteiger partial charge in [0.1, 0.15) is 11.4 Å². The summed E-state index contributed by atoms with van der Waals surface area (Å²) < 4.78 is 7.61. The van der Waals surface area contributed by atoms with Gasteiger partial charge in [-0.15, -0.1) is 11.3 Å². The van der Waals surface area contributed by atoms with E-state index in [0.717, 1.165) is 11.3 Å². The van der Waals surface area contributed by atoms with Crippen LogP contribution < -0.4 is 10.5 Å². The lowest BCUT2D eigenvalue weighted by molar-refractivity contribution is 0.0993. The number of rotatable bonds is 8. The van der Waals surface area contributed by atoms with E-state index in [2.05, 4.69) is 30.1 Å². The van der Waals surface area contributed by atoms with Gasteiger partial charge < -0.3 is 20.1 Å². The van der Waals surface area contributed by atoms with Crippen LogP contribution in [0.5, 0.6) is 5.75 Å². The predicted molar refractivity (Wildman–Crippen MR) is 106 cm³/mol. The number of nitrogens with two attached hydrogens (primary N) is 1. The molecule has 2 atom stereocenters. The van der Waals surface area contributed by atoms with Crippen LogP contribution in [0.1, 0.15) is 34.8 Å². The van der Waals surface area contributed by atoms with Crippen molar-refractivity contribution < 1.29 is 14.6 Å². The number of carbonyl (C=O) groups excluding carboxylic acids is 1. The summed E-state index contributed by atoms with van der Waals surface area (Å²) in [6, 6.07) is 11.9. The van der Waals surface area contributed by atoms with Gasteiger partial charge in [-0.3, -0.25) is 4.79 Å². The van der Waals surface area contributed by atoms with Crippen molar-refractivity contribution in [2.45, 2.75) is 32.4 Å². The lowest BCUT2D eigenvalue weighted by Crippen LogP contribution is -2.23. The first-order chi connectivity index (χ1) is 12.9. The first kappa shape index (κ1) is 19.1. The Bertz CT molecular complexity index is 917. The van der Waals surface area contributed by atoms with E-state index in [9.17, 15) is 9.90 Å². The number of primary amides is 1. The predicted octanol–water partition coefficient (Wildman–Crippen LogP) is 3.41. The van der Waals surface area contributed by atoms with E-state index >= 15 is 0 Å². The zero-order valence-corrected chi connectivity index (χ0v) is 16.1. The van der Waals surface area contributed by atoms with E-state index < -0.39 is 12.0 Å². The summed E-state index contributed by atoms with van der Waals surface area (Å²) in [5.74, 6) is 0.196. The van der Waals surface area contributed by atoms with Crippen LogP contribution in [0.15, 0.2) is 48.9 Å². The zero-order valence-electron chi connectivity index (χ0n) is 15.3. The van der Waals surface area contributed by atoms with Gasteiger partial charge in [-0.05, 0) is 43.7 Å². The van der Waals surface area contributed by atoms with Gasteiger partial charge in [0.05, 0.1) is 25.1 Å². The number of imidazole rings is 1. The fourth-order valence-electron chi connectivity index (χ4n) is 2.91. The average Bonchev–Trinajstić information content (AvgIpc) is 3.28. The van der Waals surface area contributed by atoms with Crippen LogP contribution in [0, 0.1) is 6.92 Å². The topological polar surface area (TPSA) is 90.4 Å². The van der Waals surface area contributed by atoms with Gasteiger partial charge in [-0.1, -0.05) is 12.1 Å². The molecule has 142 valence electrons. The molecule has 3 N–H and O–H groups in total. The monoisotopic (exact) mass is 385 g/mol. The van der Waals surface area contributed by atoms with Gasteiger partial charge in [0.15, 0.2) is 0 Å². The summed E-state index contributed by atoms with van der Waals surface area (Å²) in [4.78, 5) is 17.7. The Morgan fingerprint density at radius 2 is 2.19 bits per heavy atom. The zero-order chi connectivity index (χ0) is 19.4. The quantitative estimate of drug-likeness (QED) is 0.622. The fourth-order valence-corrected chi connectivity index (χ4v) is 3.77. The first-order valence-electron chi connectivity index (χ1n) is 8.75. The number of aromatic nitrogens is 2. The van der Waals surface area contributed by atoms with Crippen molar-refractivity contribution in [3.63, 3.8) is 0 Å². The van der Waals surface area contributed by atoms with Crippen molar-refractivity contribution in [3.05, 3.63) is 59.5 Å². The SMILES string of the molecule is Cc1ccc(-c2cccc(OCC[C@H]([C@H](C)O)n3cnc(C(N)=O)c3)c2)s1. The van der Waals surface area contributed by atoms with Gasteiger partial charge in [-0.2, -0.15) is 0 Å². The van der Waals surface area contributed by atoms with Crippen molar-refractivity contribution in [1.29, 1.82) is 0 Å². The Labute approximate surface area is 162 Å². The third-order valence-corrected chi connectivity index (χ3v) is 5.38. The molecule has 0 aliphatic carbocycles. The second-order valence-corrected chi connectivity index (χ2v) is 7.74. The molecule has 27 heavy (non-hydrogen) atoms. The highest BCUT2D eigenvalue weighted by molar-refractivity contribution is 7.15. The van der Waals surface area contributed by atoms with Crippen LogP contribution in [-0.4, -0.2) is 33.3 Å². The van der Waals surface area contributed by atoms with Crippen molar-refractivity contribution in [2.24, 2.45) is 5.73 Å². The minimum Gasteiger partial charge on any atom is -0.493 e. The summed E-state index contributed by atoms with van der Waals surface area (Å²) in [6.45, 7) is 4.21. The van der Waals surface area contributed by atoms with Gasteiger partial charge in [-0.25, -0.2) is 4.98 Å². The minimum absolute atomic E-state index is 0.181. The number of amides is 1. The van der Waals surface area contributed by atoms with Crippen LogP contribution in [-0.2, 0) is 0 Å². The largest absolute Gasteiger partial charge is 0.493 e. The number of aryl methyl sites for hydroxylation is 1. The second-order valence-electron chi connectivity index (χ2n) is 6.45. The van der Waals surface area contributed by atoms with E-state index in [1.54, 1.807) is 29.0 Å². The molecule has 0 fully saturated rings. The molecular weight excluding hydrogens is 362 g/mol. The van der Waals surface area contributed by atoms with Crippen molar-refractivity contribution in [1.82, 2.24) is 9.55 Å². The fraction of sp³-hybridized carbons (Fsp3) is 0.300. The third kappa shape index (κ3) is 4.75. The Morgan fingerprint density at radius 3 is 2.81 bits per heavy atom. The molecule has 0 saturated heterocycles. The number of thiophene rings is 1. The van der Waals surface area contributed by atoms with E-state index in [4.69, 9.17) is 10.5 Å². The number of ether oxygens (including phenoxy) is 1. The van der Waals surface area contributed by atoms with E-state index in [1.165, 1.54) is 16.1 Å². The van der Waals surface area contributed by atoms with E-state index in [0.29, 0.717) is 13.0 Å². The normalized spacial score (nSPS) is 13.3. The minimum atomic E-state index is -0.621. The number of nitrogens with zero attached hydrogens (tertiary/aromatic N) is 2. The number of benzene rings is 1. The third-order valence-electron chi connectivity index (χ3n) is 4.34. The Kier molecular flexibility index (Phi) is 5.93. The number of hydrogen-bond acceptors (Lipinski definition) is 5. The lowest BCUT2D eigenvalue weighted by Gasteiger charge is -2.21. The van der Waals surface area contributed by atoms with Crippen LogP contribution in [0.25, 0.3) is 10.4 Å². The van der Waals surface area contributed by atoms with Crippen LogP contribution in [0.3, 0.4) is 0 Å². The van der Waals surface area contributed by atoms with Crippen LogP contribution in [0.4, 0.5) is 0 Å². The summed E-state index contributed by atoms with van der Waals surface area (Å²) in [6.07, 6.45) is 3.01. The molecule has 2 heterocycles. The van der Waals surface area contributed by atoms with Crippen LogP contribution in [0.2, 0.25) is 0 Å². The van der Waals surface area contributed by atoms with Crippen molar-refractivity contribution >= 4 is 17.2 Å². The lowest BCUT2D eigenvalue weighted by atomic mass is 10.1. The van der Waals surface area contributed by atoms with Gasteiger partial charge in [0.2, 0.25) is 0 Å². The highest BCUT2D eigenvalue weighted by Gasteiger charge is 2.19. The molecular formula is C20H23N3O3S. The van der Waals surface area contributed by atoms with E-state index in [-0.39, 0.29) is 11.7 Å². The summed E-state index contributed by atoms with van der Waals surface area (Å²) in [7, 11) is 0. The Morgan fingerprint density at radius 1 is 1.37 bits per heavy atom. The maximum absolute atomic E-state index is 11.2. The average molecular weight is 385 g/mol. The molecule has 0 aliphatic rings. The maximum atomic E-state index is 11.2.